The SMILES string of the molecule is COc1cc2occ(C)c2cc1/C(C)=C/C(=O)NC(C)C. The highest BCUT2D eigenvalue weighted by molar-refractivity contribution is 5.97. The van der Waals surface area contributed by atoms with Gasteiger partial charge in [-0.25, -0.2) is 0 Å². The summed E-state index contributed by atoms with van der Waals surface area (Å²) in [7, 11) is 1.61. The monoisotopic (exact) mass is 287 g/mol. The van der Waals surface area contributed by atoms with Crippen molar-refractivity contribution in [1.82, 2.24) is 5.32 Å². The Labute approximate surface area is 124 Å². The Kier molecular flexibility index (Phi) is 4.36. The summed E-state index contributed by atoms with van der Waals surface area (Å²) >= 11 is 0. The first-order valence-electron chi connectivity index (χ1n) is 6.97. The molecule has 1 aromatic carbocycles. The van der Waals surface area contributed by atoms with Gasteiger partial charge < -0.3 is 14.5 Å². The number of hydrogen-bond acceptors (Lipinski definition) is 3. The van der Waals surface area contributed by atoms with Crippen molar-refractivity contribution in [3.05, 3.63) is 35.6 Å². The van der Waals surface area contributed by atoms with Crippen LogP contribution in [0.4, 0.5) is 0 Å². The molecule has 1 heterocycles. The molecule has 0 spiro atoms. The molecule has 112 valence electrons. The fourth-order valence-electron chi connectivity index (χ4n) is 2.26. The van der Waals surface area contributed by atoms with Crippen LogP contribution in [0.15, 0.2) is 28.9 Å². The highest BCUT2D eigenvalue weighted by Gasteiger charge is 2.12. The maximum Gasteiger partial charge on any atom is 0.244 e. The lowest BCUT2D eigenvalue weighted by molar-refractivity contribution is -0.116. The standard InChI is InChI=1S/C17H21NO3/c1-10(2)18-17(19)6-11(3)13-7-14-12(4)9-21-16(14)8-15(13)20-5/h6-10H,1-5H3,(H,18,19)/b11-6+. The fraction of sp³-hybridized carbons (Fsp3) is 0.353. The second-order valence-electron chi connectivity index (χ2n) is 5.46. The molecule has 21 heavy (non-hydrogen) atoms. The van der Waals surface area contributed by atoms with Crippen LogP contribution in [-0.2, 0) is 4.79 Å². The Hall–Kier alpha value is -2.23. The molecule has 2 aromatic rings. The summed E-state index contributed by atoms with van der Waals surface area (Å²) < 4.78 is 10.9. The van der Waals surface area contributed by atoms with Crippen LogP contribution in [0.5, 0.6) is 5.75 Å². The fourth-order valence-corrected chi connectivity index (χ4v) is 2.26. The maximum atomic E-state index is 11.9. The van der Waals surface area contributed by atoms with Crippen molar-refractivity contribution in [2.45, 2.75) is 33.7 Å². The lowest BCUT2D eigenvalue weighted by Gasteiger charge is -2.10. The van der Waals surface area contributed by atoms with Crippen LogP contribution >= 0.6 is 0 Å². The number of amides is 1. The Balaban J connectivity index is 2.45. The van der Waals surface area contributed by atoms with E-state index in [-0.39, 0.29) is 11.9 Å². The van der Waals surface area contributed by atoms with Gasteiger partial charge in [0.05, 0.1) is 13.4 Å². The predicted octanol–water partition coefficient (Wildman–Crippen LogP) is 3.68. The summed E-state index contributed by atoms with van der Waals surface area (Å²) in [5, 5.41) is 3.88. The maximum absolute atomic E-state index is 11.9. The average Bonchev–Trinajstić information content (AvgIpc) is 2.77. The number of methoxy groups -OCH3 is 1. The van der Waals surface area contributed by atoms with E-state index in [2.05, 4.69) is 5.32 Å². The average molecular weight is 287 g/mol. The van der Waals surface area contributed by atoms with Crippen molar-refractivity contribution >= 4 is 22.4 Å². The molecule has 0 unspecified atom stereocenters. The highest BCUT2D eigenvalue weighted by atomic mass is 16.5. The Bertz CT molecular complexity index is 695. The summed E-state index contributed by atoms with van der Waals surface area (Å²) in [4.78, 5) is 11.9. The summed E-state index contributed by atoms with van der Waals surface area (Å²) in [6.07, 6.45) is 3.32. The van der Waals surface area contributed by atoms with Crippen molar-refractivity contribution in [1.29, 1.82) is 0 Å². The van der Waals surface area contributed by atoms with Crippen LogP contribution < -0.4 is 10.1 Å². The lowest BCUT2D eigenvalue weighted by atomic mass is 10.0. The van der Waals surface area contributed by atoms with Crippen LogP contribution in [0.1, 0.15) is 31.9 Å². The van der Waals surface area contributed by atoms with E-state index in [0.29, 0.717) is 5.75 Å². The third-order valence-corrected chi connectivity index (χ3v) is 3.29. The molecule has 0 saturated carbocycles. The van der Waals surface area contributed by atoms with E-state index < -0.39 is 0 Å². The summed E-state index contributed by atoms with van der Waals surface area (Å²) in [5.41, 5.74) is 3.60. The van der Waals surface area contributed by atoms with Crippen molar-refractivity contribution < 1.29 is 13.9 Å². The summed E-state index contributed by atoms with van der Waals surface area (Å²) in [6.45, 7) is 7.76. The normalized spacial score (nSPS) is 12.0. The van der Waals surface area contributed by atoms with Gasteiger partial charge in [0.2, 0.25) is 5.91 Å². The molecule has 1 aromatic heterocycles. The number of allylic oxidation sites excluding steroid dienone is 1. The first-order valence-corrected chi connectivity index (χ1v) is 6.97. The van der Waals surface area contributed by atoms with Gasteiger partial charge in [-0.15, -0.1) is 0 Å². The molecule has 0 radical (unpaired) electrons. The number of furan rings is 1. The second kappa shape index (κ2) is 6.04. The minimum atomic E-state index is -0.103. The Morgan fingerprint density at radius 1 is 1.38 bits per heavy atom. The number of fused-ring (bicyclic) bond motifs is 1. The molecular weight excluding hydrogens is 266 g/mol. The number of nitrogens with one attached hydrogen (secondary N) is 1. The van der Waals surface area contributed by atoms with E-state index >= 15 is 0 Å². The molecule has 1 N–H and O–H groups in total. The number of aryl methyl sites for hydroxylation is 1. The van der Waals surface area contributed by atoms with Gasteiger partial charge in [-0.1, -0.05) is 0 Å². The van der Waals surface area contributed by atoms with Gasteiger partial charge in [0.15, 0.2) is 0 Å². The van der Waals surface area contributed by atoms with Gasteiger partial charge in [0.25, 0.3) is 0 Å². The molecule has 4 nitrogen and oxygen atoms in total. The first-order chi connectivity index (χ1) is 9.92. The zero-order valence-electron chi connectivity index (χ0n) is 13.1. The largest absolute Gasteiger partial charge is 0.496 e. The Morgan fingerprint density at radius 3 is 2.71 bits per heavy atom. The van der Waals surface area contributed by atoms with Crippen LogP contribution in [-0.4, -0.2) is 19.1 Å². The second-order valence-corrected chi connectivity index (χ2v) is 5.46. The van der Waals surface area contributed by atoms with Gasteiger partial charge in [-0.3, -0.25) is 4.79 Å². The van der Waals surface area contributed by atoms with Gasteiger partial charge in [-0.05, 0) is 44.9 Å². The molecule has 0 bridgehead atoms. The van der Waals surface area contributed by atoms with Crippen LogP contribution in [0.2, 0.25) is 0 Å². The molecule has 0 aliphatic heterocycles. The van der Waals surface area contributed by atoms with Gasteiger partial charge in [0, 0.05) is 29.1 Å². The van der Waals surface area contributed by atoms with Crippen molar-refractivity contribution in [3.8, 4) is 5.75 Å². The summed E-state index contributed by atoms with van der Waals surface area (Å²) in [5.74, 6) is 0.594. The van der Waals surface area contributed by atoms with E-state index in [1.165, 1.54) is 0 Å². The minimum Gasteiger partial charge on any atom is -0.496 e. The molecular formula is C17H21NO3. The number of rotatable bonds is 4. The zero-order chi connectivity index (χ0) is 15.6. The number of carbonyl (C=O) groups excluding carboxylic acids is 1. The van der Waals surface area contributed by atoms with Gasteiger partial charge in [0.1, 0.15) is 11.3 Å². The number of ether oxygens (including phenoxy) is 1. The van der Waals surface area contributed by atoms with E-state index in [4.69, 9.17) is 9.15 Å². The highest BCUT2D eigenvalue weighted by Crippen LogP contribution is 2.33. The van der Waals surface area contributed by atoms with Crippen molar-refractivity contribution in [2.24, 2.45) is 0 Å². The molecule has 1 amide bonds. The topological polar surface area (TPSA) is 51.5 Å². The third kappa shape index (κ3) is 3.27. The van der Waals surface area contributed by atoms with Crippen LogP contribution in [0.25, 0.3) is 16.5 Å². The molecule has 0 saturated heterocycles. The van der Waals surface area contributed by atoms with Gasteiger partial charge >= 0.3 is 0 Å². The molecule has 0 atom stereocenters. The molecule has 0 aliphatic carbocycles. The Morgan fingerprint density at radius 2 is 2.10 bits per heavy atom. The number of hydrogen-bond donors (Lipinski definition) is 1. The van der Waals surface area contributed by atoms with Gasteiger partial charge in [-0.2, -0.15) is 0 Å². The van der Waals surface area contributed by atoms with Crippen molar-refractivity contribution in [3.63, 3.8) is 0 Å². The molecule has 0 fully saturated rings. The lowest BCUT2D eigenvalue weighted by Crippen LogP contribution is -2.28. The molecule has 0 aliphatic rings. The van der Waals surface area contributed by atoms with Crippen LogP contribution in [0, 0.1) is 6.92 Å². The van der Waals surface area contributed by atoms with E-state index in [9.17, 15) is 4.79 Å². The van der Waals surface area contributed by atoms with E-state index in [1.807, 2.05) is 39.8 Å². The minimum absolute atomic E-state index is 0.103. The third-order valence-electron chi connectivity index (χ3n) is 3.29. The number of benzene rings is 1. The van der Waals surface area contributed by atoms with Crippen molar-refractivity contribution in [2.75, 3.05) is 7.11 Å². The van der Waals surface area contributed by atoms with E-state index in [0.717, 1.165) is 27.7 Å². The first kappa shape index (κ1) is 15.2. The predicted molar refractivity (Wildman–Crippen MR) is 84.4 cm³/mol. The van der Waals surface area contributed by atoms with Crippen LogP contribution in [0.3, 0.4) is 0 Å². The van der Waals surface area contributed by atoms with E-state index in [1.54, 1.807) is 19.4 Å². The summed E-state index contributed by atoms with van der Waals surface area (Å²) in [6, 6.07) is 3.97. The molecule has 2 rings (SSSR count). The smallest absolute Gasteiger partial charge is 0.244 e. The quantitative estimate of drug-likeness (QED) is 0.873. The number of carbonyl (C=O) groups is 1. The molecule has 4 heteroatoms. The zero-order valence-corrected chi connectivity index (χ0v) is 13.1.